The van der Waals surface area contributed by atoms with Crippen LogP contribution in [0.5, 0.6) is 0 Å². The second-order valence-corrected chi connectivity index (χ2v) is 11.8. The van der Waals surface area contributed by atoms with Crippen LogP contribution in [-0.2, 0) is 23.1 Å². The Bertz CT molecular complexity index is 526. The molecule has 0 aliphatic carbocycles. The summed E-state index contributed by atoms with van der Waals surface area (Å²) in [6.07, 6.45) is 23.1. The first-order valence-electron chi connectivity index (χ1n) is 13.9. The fourth-order valence-electron chi connectivity index (χ4n) is 3.85. The molecule has 210 valence electrons. The average Bonchev–Trinajstić information content (AvgIpc) is 2.81. The fourth-order valence-corrected chi connectivity index (χ4v) is 4.99. The molecule has 0 aliphatic heterocycles. The van der Waals surface area contributed by atoms with Crippen LogP contribution in [0.1, 0.15) is 117 Å². The van der Waals surface area contributed by atoms with E-state index < -0.39 is 13.9 Å². The molecular weight excluding hydrogens is 485 g/mol. The number of carbonyl (C=O) groups excluding carboxylic acids is 1. The maximum absolute atomic E-state index is 11.9. The summed E-state index contributed by atoms with van der Waals surface area (Å²) >= 11 is 1.51. The third kappa shape index (κ3) is 26.8. The summed E-state index contributed by atoms with van der Waals surface area (Å²) in [5.74, 6) is 0.367. The highest BCUT2D eigenvalue weighted by atomic mass is 32.2. The molecule has 9 heteroatoms. The molecular formula is C26H54NO6PS. The van der Waals surface area contributed by atoms with Crippen molar-refractivity contribution in [3.8, 4) is 0 Å². The molecule has 0 bridgehead atoms. The number of rotatable bonds is 27. The summed E-state index contributed by atoms with van der Waals surface area (Å²) in [5, 5.41) is 2.70. The smallest absolute Gasteiger partial charge is 0.379 e. The predicted octanol–water partition coefficient (Wildman–Crippen LogP) is 7.27. The zero-order chi connectivity index (χ0) is 26.0. The van der Waals surface area contributed by atoms with Crippen molar-refractivity contribution < 1.29 is 28.0 Å². The Morgan fingerprint density at radius 3 is 1.74 bits per heavy atom. The lowest BCUT2D eigenvalue weighted by molar-refractivity contribution is -0.120. The maximum Gasteiger partial charge on any atom is 0.472 e. The van der Waals surface area contributed by atoms with Crippen molar-refractivity contribution in [2.75, 3.05) is 38.4 Å². The van der Waals surface area contributed by atoms with Crippen LogP contribution >= 0.6 is 19.6 Å². The Labute approximate surface area is 219 Å². The molecule has 0 heterocycles. The molecule has 2 N–H and O–H groups in total. The lowest BCUT2D eigenvalue weighted by Crippen LogP contribution is -2.40. The second kappa shape index (κ2) is 25.5. The first-order valence-corrected chi connectivity index (χ1v) is 16.8. The number of amides is 1. The highest BCUT2D eigenvalue weighted by Gasteiger charge is 2.23. The SMILES string of the molecule is CCCCCCCCCCCCCCCCCCOCC(COP(=O)(O)OCCSC)NC(C)=O. The van der Waals surface area contributed by atoms with E-state index in [9.17, 15) is 14.3 Å². The van der Waals surface area contributed by atoms with Gasteiger partial charge in [-0.05, 0) is 12.7 Å². The van der Waals surface area contributed by atoms with Crippen LogP contribution < -0.4 is 5.32 Å². The minimum absolute atomic E-state index is 0.133. The van der Waals surface area contributed by atoms with Crippen LogP contribution in [0.4, 0.5) is 0 Å². The monoisotopic (exact) mass is 539 g/mol. The average molecular weight is 540 g/mol. The van der Waals surface area contributed by atoms with Gasteiger partial charge in [-0.1, -0.05) is 103 Å². The van der Waals surface area contributed by atoms with E-state index in [0.717, 1.165) is 12.8 Å². The molecule has 2 atom stereocenters. The van der Waals surface area contributed by atoms with Crippen LogP contribution in [0.25, 0.3) is 0 Å². The number of hydrogen-bond acceptors (Lipinski definition) is 6. The summed E-state index contributed by atoms with van der Waals surface area (Å²) < 4.78 is 27.4. The molecule has 0 aromatic heterocycles. The summed E-state index contributed by atoms with van der Waals surface area (Å²) in [6, 6.07) is -0.488. The Morgan fingerprint density at radius 1 is 0.800 bits per heavy atom. The van der Waals surface area contributed by atoms with Crippen molar-refractivity contribution in [3.05, 3.63) is 0 Å². The normalized spacial score (nSPS) is 14.1. The number of phosphoric ester groups is 1. The fraction of sp³-hybridized carbons (Fsp3) is 0.962. The standard InChI is InChI=1S/C26H54NO6PS/c1-4-5-6-7-8-9-10-11-12-13-14-15-16-17-18-19-20-31-23-26(27-25(2)28)24-33-34(29,30)32-21-22-35-3/h26H,4-24H2,1-3H3,(H,27,28)(H,29,30). The van der Waals surface area contributed by atoms with E-state index in [0.29, 0.717) is 12.4 Å². The molecule has 0 saturated carbocycles. The van der Waals surface area contributed by atoms with Gasteiger partial charge in [0, 0.05) is 19.3 Å². The third-order valence-corrected chi connectivity index (χ3v) is 7.41. The zero-order valence-electron chi connectivity index (χ0n) is 22.8. The lowest BCUT2D eigenvalue weighted by Gasteiger charge is -2.20. The second-order valence-electron chi connectivity index (χ2n) is 9.37. The number of unbranched alkanes of at least 4 members (excludes halogenated alkanes) is 15. The van der Waals surface area contributed by atoms with Crippen LogP contribution in [0.15, 0.2) is 0 Å². The molecule has 0 radical (unpaired) electrons. The molecule has 0 spiro atoms. The van der Waals surface area contributed by atoms with Gasteiger partial charge < -0.3 is 14.9 Å². The van der Waals surface area contributed by atoms with E-state index in [1.165, 1.54) is 109 Å². The lowest BCUT2D eigenvalue weighted by atomic mass is 10.0. The number of thioether (sulfide) groups is 1. The van der Waals surface area contributed by atoms with E-state index >= 15 is 0 Å². The first-order chi connectivity index (χ1) is 16.9. The van der Waals surface area contributed by atoms with E-state index in [2.05, 4.69) is 12.2 Å². The maximum atomic E-state index is 11.9. The van der Waals surface area contributed by atoms with Gasteiger partial charge in [-0.2, -0.15) is 11.8 Å². The van der Waals surface area contributed by atoms with Gasteiger partial charge in [-0.3, -0.25) is 13.8 Å². The Morgan fingerprint density at radius 2 is 1.29 bits per heavy atom. The summed E-state index contributed by atoms with van der Waals surface area (Å²) in [5.41, 5.74) is 0. The highest BCUT2D eigenvalue weighted by molar-refractivity contribution is 7.98. The van der Waals surface area contributed by atoms with E-state index in [1.54, 1.807) is 0 Å². The summed E-state index contributed by atoms with van der Waals surface area (Å²) in [7, 11) is -4.12. The van der Waals surface area contributed by atoms with Gasteiger partial charge >= 0.3 is 7.82 Å². The van der Waals surface area contributed by atoms with Gasteiger partial charge in [-0.25, -0.2) is 4.57 Å². The Hall–Kier alpha value is -0.110. The van der Waals surface area contributed by atoms with E-state index in [1.807, 2.05) is 6.26 Å². The van der Waals surface area contributed by atoms with Crippen molar-refractivity contribution in [2.24, 2.45) is 0 Å². The molecule has 0 fully saturated rings. The van der Waals surface area contributed by atoms with Gasteiger partial charge in [0.25, 0.3) is 0 Å². The first kappa shape index (κ1) is 34.9. The number of phosphoric acid groups is 1. The van der Waals surface area contributed by atoms with Crippen LogP contribution in [0, 0.1) is 0 Å². The molecule has 0 aromatic carbocycles. The molecule has 0 aromatic rings. The van der Waals surface area contributed by atoms with Crippen molar-refractivity contribution in [2.45, 2.75) is 123 Å². The third-order valence-electron chi connectivity index (χ3n) is 5.85. The molecule has 0 saturated heterocycles. The van der Waals surface area contributed by atoms with Gasteiger partial charge in [0.05, 0.1) is 25.9 Å². The number of carbonyl (C=O) groups is 1. The quantitative estimate of drug-likeness (QED) is 0.0837. The molecule has 2 unspecified atom stereocenters. The van der Waals surface area contributed by atoms with Crippen LogP contribution in [-0.4, -0.2) is 55.3 Å². The summed E-state index contributed by atoms with van der Waals surface area (Å²) in [6.45, 7) is 4.52. The summed E-state index contributed by atoms with van der Waals surface area (Å²) in [4.78, 5) is 21.1. The van der Waals surface area contributed by atoms with E-state index in [-0.39, 0.29) is 25.7 Å². The van der Waals surface area contributed by atoms with Crippen LogP contribution in [0.3, 0.4) is 0 Å². The number of ether oxygens (including phenoxy) is 1. The zero-order valence-corrected chi connectivity index (χ0v) is 24.5. The Kier molecular flexibility index (Phi) is 25.5. The number of nitrogens with one attached hydrogen (secondary N) is 1. The Balaban J connectivity index is 3.61. The number of hydrogen-bond donors (Lipinski definition) is 2. The highest BCUT2D eigenvalue weighted by Crippen LogP contribution is 2.43. The molecule has 35 heavy (non-hydrogen) atoms. The van der Waals surface area contributed by atoms with Crippen molar-refractivity contribution in [1.29, 1.82) is 0 Å². The predicted molar refractivity (Wildman–Crippen MR) is 148 cm³/mol. The van der Waals surface area contributed by atoms with Crippen molar-refractivity contribution in [1.82, 2.24) is 5.32 Å². The van der Waals surface area contributed by atoms with Crippen molar-refractivity contribution >= 4 is 25.5 Å². The van der Waals surface area contributed by atoms with Gasteiger partial charge in [0.15, 0.2) is 0 Å². The van der Waals surface area contributed by atoms with Gasteiger partial charge in [0.1, 0.15) is 0 Å². The van der Waals surface area contributed by atoms with Gasteiger partial charge in [0.2, 0.25) is 5.91 Å². The molecule has 0 rings (SSSR count). The largest absolute Gasteiger partial charge is 0.472 e. The minimum Gasteiger partial charge on any atom is -0.379 e. The topological polar surface area (TPSA) is 94.1 Å². The van der Waals surface area contributed by atoms with E-state index in [4.69, 9.17) is 13.8 Å². The van der Waals surface area contributed by atoms with Crippen LogP contribution in [0.2, 0.25) is 0 Å². The molecule has 7 nitrogen and oxygen atoms in total. The van der Waals surface area contributed by atoms with Gasteiger partial charge in [-0.15, -0.1) is 0 Å². The van der Waals surface area contributed by atoms with Crippen molar-refractivity contribution in [3.63, 3.8) is 0 Å². The molecule has 1 amide bonds. The molecule has 0 aliphatic rings. The minimum atomic E-state index is -4.12.